The van der Waals surface area contributed by atoms with Crippen LogP contribution in [0.25, 0.3) is 0 Å². The van der Waals surface area contributed by atoms with Crippen molar-refractivity contribution >= 4 is 17.3 Å². The molecule has 4 heteroatoms. The summed E-state index contributed by atoms with van der Waals surface area (Å²) in [5.74, 6) is 0. The molecule has 2 atom stereocenters. The van der Waals surface area contributed by atoms with E-state index < -0.39 is 5.60 Å². The Labute approximate surface area is 114 Å². The molecule has 2 unspecified atom stereocenters. The average molecular weight is 269 g/mol. The van der Waals surface area contributed by atoms with Gasteiger partial charge in [0.15, 0.2) is 0 Å². The van der Waals surface area contributed by atoms with Crippen LogP contribution in [0.2, 0.25) is 5.02 Å². The van der Waals surface area contributed by atoms with Crippen molar-refractivity contribution in [1.82, 2.24) is 5.32 Å². The van der Waals surface area contributed by atoms with Crippen LogP contribution in [0.4, 0.5) is 5.69 Å². The summed E-state index contributed by atoms with van der Waals surface area (Å²) < 4.78 is 0. The highest BCUT2D eigenvalue weighted by atomic mass is 35.5. The average Bonchev–Trinajstić information content (AvgIpc) is 2.42. The lowest BCUT2D eigenvalue weighted by atomic mass is 10.1. The summed E-state index contributed by atoms with van der Waals surface area (Å²) in [4.78, 5) is 2.21. The first kappa shape index (κ1) is 13.7. The lowest BCUT2D eigenvalue weighted by molar-refractivity contribution is 0.0726. The second-order valence-electron chi connectivity index (χ2n) is 5.54. The standard InChI is InChI=1S/C14H21ClN2O/c1-10-4-5-12(6-13(10)15)17-9-14(3,18)8-16-7-11(17)2/h4-6,11,16,18H,7-9H2,1-3H3. The number of aliphatic hydroxyl groups is 1. The molecule has 0 aliphatic carbocycles. The Balaban J connectivity index is 2.30. The highest BCUT2D eigenvalue weighted by Crippen LogP contribution is 2.26. The van der Waals surface area contributed by atoms with Gasteiger partial charge in [0, 0.05) is 36.4 Å². The molecule has 0 bridgehead atoms. The Morgan fingerprint density at radius 2 is 2.22 bits per heavy atom. The first-order valence-corrected chi connectivity index (χ1v) is 6.73. The molecule has 1 fully saturated rings. The first-order valence-electron chi connectivity index (χ1n) is 6.35. The van der Waals surface area contributed by atoms with Gasteiger partial charge in [-0.15, -0.1) is 0 Å². The van der Waals surface area contributed by atoms with Crippen molar-refractivity contribution in [1.29, 1.82) is 0 Å². The van der Waals surface area contributed by atoms with Gasteiger partial charge in [0.05, 0.1) is 5.60 Å². The van der Waals surface area contributed by atoms with E-state index in [9.17, 15) is 5.11 Å². The predicted octanol–water partition coefficient (Wildman–Crippen LogP) is 2.20. The van der Waals surface area contributed by atoms with Crippen molar-refractivity contribution in [3.05, 3.63) is 28.8 Å². The molecule has 1 saturated heterocycles. The molecule has 0 aromatic heterocycles. The van der Waals surface area contributed by atoms with Gasteiger partial charge in [0.2, 0.25) is 0 Å². The number of hydrogen-bond donors (Lipinski definition) is 2. The zero-order valence-electron chi connectivity index (χ0n) is 11.2. The molecule has 100 valence electrons. The first-order chi connectivity index (χ1) is 8.39. The second kappa shape index (κ2) is 5.08. The quantitative estimate of drug-likeness (QED) is 0.820. The van der Waals surface area contributed by atoms with Crippen molar-refractivity contribution in [2.24, 2.45) is 0 Å². The van der Waals surface area contributed by atoms with Crippen molar-refractivity contribution in [2.75, 3.05) is 24.5 Å². The van der Waals surface area contributed by atoms with E-state index in [1.54, 1.807) is 0 Å². The molecular weight excluding hydrogens is 248 g/mol. The number of β-amino-alcohol motifs (C(OH)–C–C–N with tert-alkyl or cyclic N) is 1. The van der Waals surface area contributed by atoms with Gasteiger partial charge in [0.1, 0.15) is 0 Å². The van der Waals surface area contributed by atoms with Crippen LogP contribution < -0.4 is 10.2 Å². The topological polar surface area (TPSA) is 35.5 Å². The normalized spacial score (nSPS) is 29.2. The van der Waals surface area contributed by atoms with Gasteiger partial charge >= 0.3 is 0 Å². The minimum absolute atomic E-state index is 0.331. The number of halogens is 1. The lowest BCUT2D eigenvalue weighted by Gasteiger charge is -2.33. The maximum atomic E-state index is 10.3. The Bertz CT molecular complexity index is 434. The van der Waals surface area contributed by atoms with Gasteiger partial charge in [-0.25, -0.2) is 0 Å². The maximum absolute atomic E-state index is 10.3. The van der Waals surface area contributed by atoms with Gasteiger partial charge < -0.3 is 15.3 Å². The van der Waals surface area contributed by atoms with E-state index in [2.05, 4.69) is 23.2 Å². The van der Waals surface area contributed by atoms with Crippen LogP contribution in [-0.2, 0) is 0 Å². The molecule has 0 radical (unpaired) electrons. The molecule has 0 amide bonds. The fourth-order valence-corrected chi connectivity index (χ4v) is 2.52. The molecule has 1 aromatic carbocycles. The Morgan fingerprint density at radius 1 is 1.50 bits per heavy atom. The minimum atomic E-state index is -0.720. The van der Waals surface area contributed by atoms with E-state index in [0.717, 1.165) is 22.8 Å². The molecule has 18 heavy (non-hydrogen) atoms. The summed E-state index contributed by atoms with van der Waals surface area (Å²) >= 11 is 6.19. The zero-order chi connectivity index (χ0) is 13.3. The second-order valence-corrected chi connectivity index (χ2v) is 5.95. The molecular formula is C14H21ClN2O. The summed E-state index contributed by atoms with van der Waals surface area (Å²) in [5.41, 5.74) is 1.43. The van der Waals surface area contributed by atoms with Crippen molar-refractivity contribution in [3.63, 3.8) is 0 Å². The van der Waals surface area contributed by atoms with Gasteiger partial charge in [-0.1, -0.05) is 17.7 Å². The van der Waals surface area contributed by atoms with Crippen LogP contribution in [0.15, 0.2) is 18.2 Å². The number of nitrogens with one attached hydrogen (secondary N) is 1. The number of benzene rings is 1. The Kier molecular flexibility index (Phi) is 3.85. The summed E-state index contributed by atoms with van der Waals surface area (Å²) in [6.45, 7) is 8.11. The van der Waals surface area contributed by atoms with E-state index in [1.165, 1.54) is 0 Å². The molecule has 2 N–H and O–H groups in total. The zero-order valence-corrected chi connectivity index (χ0v) is 12.0. The number of aryl methyl sites for hydroxylation is 1. The third kappa shape index (κ3) is 2.97. The van der Waals surface area contributed by atoms with Gasteiger partial charge in [-0.05, 0) is 38.5 Å². The Morgan fingerprint density at radius 3 is 2.89 bits per heavy atom. The fourth-order valence-electron chi connectivity index (χ4n) is 2.35. The Hall–Kier alpha value is -0.770. The van der Waals surface area contributed by atoms with E-state index in [-0.39, 0.29) is 0 Å². The lowest BCUT2D eigenvalue weighted by Crippen LogP contribution is -2.45. The smallest absolute Gasteiger partial charge is 0.0917 e. The molecule has 2 rings (SSSR count). The van der Waals surface area contributed by atoms with E-state index in [0.29, 0.717) is 19.1 Å². The number of rotatable bonds is 1. The monoisotopic (exact) mass is 268 g/mol. The molecule has 3 nitrogen and oxygen atoms in total. The molecule has 1 aromatic rings. The minimum Gasteiger partial charge on any atom is -0.387 e. The van der Waals surface area contributed by atoms with Crippen LogP contribution in [0.3, 0.4) is 0 Å². The van der Waals surface area contributed by atoms with Gasteiger partial charge in [-0.3, -0.25) is 0 Å². The van der Waals surface area contributed by atoms with Gasteiger partial charge in [-0.2, -0.15) is 0 Å². The maximum Gasteiger partial charge on any atom is 0.0917 e. The molecule has 0 spiro atoms. The summed E-state index contributed by atoms with van der Waals surface area (Å²) in [7, 11) is 0. The van der Waals surface area contributed by atoms with Crippen molar-refractivity contribution in [3.8, 4) is 0 Å². The number of hydrogen-bond acceptors (Lipinski definition) is 3. The SMILES string of the molecule is Cc1ccc(N2CC(C)(O)CNCC2C)cc1Cl. The molecule has 1 aliphatic rings. The highest BCUT2D eigenvalue weighted by Gasteiger charge is 2.30. The fraction of sp³-hybridized carbons (Fsp3) is 0.571. The van der Waals surface area contributed by atoms with Crippen LogP contribution in [-0.4, -0.2) is 36.4 Å². The largest absolute Gasteiger partial charge is 0.387 e. The van der Waals surface area contributed by atoms with Gasteiger partial charge in [0.25, 0.3) is 0 Å². The van der Waals surface area contributed by atoms with E-state index >= 15 is 0 Å². The van der Waals surface area contributed by atoms with Crippen LogP contribution >= 0.6 is 11.6 Å². The van der Waals surface area contributed by atoms with Crippen LogP contribution in [0.5, 0.6) is 0 Å². The molecule has 1 heterocycles. The van der Waals surface area contributed by atoms with E-state index in [1.807, 2.05) is 26.0 Å². The van der Waals surface area contributed by atoms with Crippen LogP contribution in [0.1, 0.15) is 19.4 Å². The predicted molar refractivity (Wildman–Crippen MR) is 76.5 cm³/mol. The van der Waals surface area contributed by atoms with Crippen LogP contribution in [0, 0.1) is 6.92 Å². The number of nitrogens with zero attached hydrogens (tertiary/aromatic N) is 1. The van der Waals surface area contributed by atoms with Crippen molar-refractivity contribution < 1.29 is 5.11 Å². The number of anilines is 1. The highest BCUT2D eigenvalue weighted by molar-refractivity contribution is 6.31. The molecule has 1 aliphatic heterocycles. The third-order valence-electron chi connectivity index (χ3n) is 3.48. The summed E-state index contributed by atoms with van der Waals surface area (Å²) in [6.07, 6.45) is 0. The summed E-state index contributed by atoms with van der Waals surface area (Å²) in [5, 5.41) is 14.4. The molecule has 0 saturated carbocycles. The third-order valence-corrected chi connectivity index (χ3v) is 3.88. The van der Waals surface area contributed by atoms with Crippen molar-refractivity contribution in [2.45, 2.75) is 32.4 Å². The van der Waals surface area contributed by atoms with E-state index in [4.69, 9.17) is 11.6 Å². The summed E-state index contributed by atoms with van der Waals surface area (Å²) in [6, 6.07) is 6.41.